The molecule has 0 aromatic rings. The lowest BCUT2D eigenvalue weighted by Crippen LogP contribution is -2.45. The molecular formula is C12H26N2O2. The van der Waals surface area contributed by atoms with Gasteiger partial charge in [-0.15, -0.1) is 0 Å². The summed E-state index contributed by atoms with van der Waals surface area (Å²) in [5.74, 6) is 0.729. The molecule has 0 aromatic heterocycles. The SMILES string of the molecule is COC(CNC(=O)[C@@H](N)CC(C)C)C(C)C. The summed E-state index contributed by atoms with van der Waals surface area (Å²) in [6.07, 6.45) is 0.765. The molecule has 0 heterocycles. The summed E-state index contributed by atoms with van der Waals surface area (Å²) in [5.41, 5.74) is 5.77. The second kappa shape index (κ2) is 7.63. The van der Waals surface area contributed by atoms with Gasteiger partial charge in [-0.2, -0.15) is 0 Å². The highest BCUT2D eigenvalue weighted by Crippen LogP contribution is 2.05. The molecule has 0 aliphatic heterocycles. The first-order valence-electron chi connectivity index (χ1n) is 5.94. The number of carbonyl (C=O) groups is 1. The summed E-state index contributed by atoms with van der Waals surface area (Å²) in [5, 5.41) is 2.83. The van der Waals surface area contributed by atoms with Crippen LogP contribution in [0.25, 0.3) is 0 Å². The summed E-state index contributed by atoms with van der Waals surface area (Å²) in [6.45, 7) is 8.76. The van der Waals surface area contributed by atoms with Crippen LogP contribution in [0.5, 0.6) is 0 Å². The average Bonchev–Trinajstić information content (AvgIpc) is 2.16. The van der Waals surface area contributed by atoms with Gasteiger partial charge in [0.15, 0.2) is 0 Å². The predicted octanol–water partition coefficient (Wildman–Crippen LogP) is 1.15. The first-order chi connectivity index (χ1) is 7.38. The summed E-state index contributed by atoms with van der Waals surface area (Å²) >= 11 is 0. The fraction of sp³-hybridized carbons (Fsp3) is 0.917. The van der Waals surface area contributed by atoms with E-state index in [1.807, 2.05) is 0 Å². The molecule has 0 saturated carbocycles. The van der Waals surface area contributed by atoms with Crippen molar-refractivity contribution in [2.24, 2.45) is 17.6 Å². The lowest BCUT2D eigenvalue weighted by Gasteiger charge is -2.21. The van der Waals surface area contributed by atoms with E-state index in [-0.39, 0.29) is 12.0 Å². The molecule has 0 rings (SSSR count). The molecule has 3 N–H and O–H groups in total. The van der Waals surface area contributed by atoms with E-state index < -0.39 is 6.04 Å². The minimum absolute atomic E-state index is 0.0511. The molecule has 0 spiro atoms. The third-order valence-electron chi connectivity index (χ3n) is 2.59. The summed E-state index contributed by atoms with van der Waals surface area (Å²) in [4.78, 5) is 11.6. The Kier molecular flexibility index (Phi) is 7.34. The zero-order valence-corrected chi connectivity index (χ0v) is 11.1. The van der Waals surface area contributed by atoms with Crippen molar-refractivity contribution in [2.45, 2.75) is 46.3 Å². The van der Waals surface area contributed by atoms with Crippen LogP contribution in [0.2, 0.25) is 0 Å². The van der Waals surface area contributed by atoms with Crippen molar-refractivity contribution < 1.29 is 9.53 Å². The second-order valence-electron chi connectivity index (χ2n) is 5.00. The number of methoxy groups -OCH3 is 1. The molecule has 0 aliphatic carbocycles. The topological polar surface area (TPSA) is 64.3 Å². The van der Waals surface area contributed by atoms with Crippen molar-refractivity contribution in [3.8, 4) is 0 Å². The van der Waals surface area contributed by atoms with Crippen molar-refractivity contribution in [3.05, 3.63) is 0 Å². The van der Waals surface area contributed by atoms with E-state index >= 15 is 0 Å². The van der Waals surface area contributed by atoms with Crippen LogP contribution >= 0.6 is 0 Å². The number of nitrogens with one attached hydrogen (secondary N) is 1. The third-order valence-corrected chi connectivity index (χ3v) is 2.59. The van der Waals surface area contributed by atoms with E-state index in [0.29, 0.717) is 24.8 Å². The van der Waals surface area contributed by atoms with Crippen molar-refractivity contribution in [3.63, 3.8) is 0 Å². The number of nitrogens with two attached hydrogens (primary N) is 1. The number of hydrogen-bond donors (Lipinski definition) is 2. The maximum Gasteiger partial charge on any atom is 0.237 e. The molecule has 0 radical (unpaired) electrons. The number of hydrogen-bond acceptors (Lipinski definition) is 3. The molecule has 2 atom stereocenters. The van der Waals surface area contributed by atoms with Gasteiger partial charge in [0, 0.05) is 13.7 Å². The van der Waals surface area contributed by atoms with E-state index in [9.17, 15) is 4.79 Å². The van der Waals surface area contributed by atoms with Gasteiger partial charge in [0.25, 0.3) is 0 Å². The lowest BCUT2D eigenvalue weighted by molar-refractivity contribution is -0.123. The van der Waals surface area contributed by atoms with Gasteiger partial charge in [-0.05, 0) is 18.3 Å². The fourth-order valence-corrected chi connectivity index (χ4v) is 1.54. The van der Waals surface area contributed by atoms with E-state index in [2.05, 4.69) is 33.0 Å². The highest BCUT2D eigenvalue weighted by atomic mass is 16.5. The molecule has 0 aromatic carbocycles. The molecule has 4 nitrogen and oxygen atoms in total. The molecule has 1 unspecified atom stereocenters. The van der Waals surface area contributed by atoms with Crippen LogP contribution in [-0.4, -0.2) is 31.7 Å². The Morgan fingerprint density at radius 3 is 2.25 bits per heavy atom. The standard InChI is InChI=1S/C12H26N2O2/c1-8(2)6-10(13)12(15)14-7-11(16-5)9(3)4/h8-11H,6-7,13H2,1-5H3,(H,14,15)/t10-,11?/m0/s1. The van der Waals surface area contributed by atoms with Gasteiger partial charge in [0.05, 0.1) is 12.1 Å². The Hall–Kier alpha value is -0.610. The van der Waals surface area contributed by atoms with Gasteiger partial charge in [-0.3, -0.25) is 4.79 Å². The van der Waals surface area contributed by atoms with E-state index in [1.165, 1.54) is 0 Å². The molecule has 0 bridgehead atoms. The molecule has 0 aliphatic rings. The minimum atomic E-state index is -0.412. The van der Waals surface area contributed by atoms with Crippen LogP contribution in [0.4, 0.5) is 0 Å². The van der Waals surface area contributed by atoms with E-state index in [4.69, 9.17) is 10.5 Å². The lowest BCUT2D eigenvalue weighted by atomic mass is 10.0. The van der Waals surface area contributed by atoms with Crippen LogP contribution in [0.3, 0.4) is 0 Å². The minimum Gasteiger partial charge on any atom is -0.379 e. The van der Waals surface area contributed by atoms with Crippen molar-refractivity contribution in [2.75, 3.05) is 13.7 Å². The molecular weight excluding hydrogens is 204 g/mol. The van der Waals surface area contributed by atoms with Gasteiger partial charge in [-0.1, -0.05) is 27.7 Å². The summed E-state index contributed by atoms with van der Waals surface area (Å²) < 4.78 is 5.27. The second-order valence-corrected chi connectivity index (χ2v) is 5.00. The van der Waals surface area contributed by atoms with Gasteiger partial charge in [0.2, 0.25) is 5.91 Å². The average molecular weight is 230 g/mol. The largest absolute Gasteiger partial charge is 0.379 e. The Morgan fingerprint density at radius 2 is 1.88 bits per heavy atom. The molecule has 4 heteroatoms. The van der Waals surface area contributed by atoms with Crippen LogP contribution < -0.4 is 11.1 Å². The van der Waals surface area contributed by atoms with Crippen LogP contribution in [-0.2, 0) is 9.53 Å². The van der Waals surface area contributed by atoms with Gasteiger partial charge in [0.1, 0.15) is 0 Å². The highest BCUT2D eigenvalue weighted by Gasteiger charge is 2.17. The van der Waals surface area contributed by atoms with Crippen LogP contribution in [0, 0.1) is 11.8 Å². The van der Waals surface area contributed by atoms with Gasteiger partial charge >= 0.3 is 0 Å². The quantitative estimate of drug-likeness (QED) is 0.689. The summed E-state index contributed by atoms with van der Waals surface area (Å²) in [7, 11) is 1.66. The normalized spacial score (nSPS) is 15.2. The van der Waals surface area contributed by atoms with E-state index in [0.717, 1.165) is 0 Å². The number of ether oxygens (including phenoxy) is 1. The summed E-state index contributed by atoms with van der Waals surface area (Å²) in [6, 6.07) is -0.412. The maximum absolute atomic E-state index is 11.6. The number of rotatable bonds is 7. The van der Waals surface area contributed by atoms with Crippen LogP contribution in [0.15, 0.2) is 0 Å². The van der Waals surface area contributed by atoms with E-state index in [1.54, 1.807) is 7.11 Å². The Bertz CT molecular complexity index is 205. The smallest absolute Gasteiger partial charge is 0.237 e. The molecule has 96 valence electrons. The Labute approximate surface area is 98.9 Å². The highest BCUT2D eigenvalue weighted by molar-refractivity contribution is 5.81. The van der Waals surface area contributed by atoms with Crippen molar-refractivity contribution in [1.82, 2.24) is 5.32 Å². The Morgan fingerprint density at radius 1 is 1.31 bits per heavy atom. The molecule has 16 heavy (non-hydrogen) atoms. The number of carbonyl (C=O) groups excluding carboxylic acids is 1. The molecule has 1 amide bonds. The van der Waals surface area contributed by atoms with Crippen LogP contribution in [0.1, 0.15) is 34.1 Å². The zero-order valence-electron chi connectivity index (χ0n) is 11.1. The fourth-order valence-electron chi connectivity index (χ4n) is 1.54. The zero-order chi connectivity index (χ0) is 12.7. The maximum atomic E-state index is 11.6. The molecule has 0 fully saturated rings. The van der Waals surface area contributed by atoms with Gasteiger partial charge < -0.3 is 15.8 Å². The predicted molar refractivity (Wildman–Crippen MR) is 66.1 cm³/mol. The monoisotopic (exact) mass is 230 g/mol. The van der Waals surface area contributed by atoms with Crippen molar-refractivity contribution >= 4 is 5.91 Å². The first kappa shape index (κ1) is 15.4. The third kappa shape index (κ3) is 6.08. The van der Waals surface area contributed by atoms with Crippen molar-refractivity contribution in [1.29, 1.82) is 0 Å². The van der Waals surface area contributed by atoms with Gasteiger partial charge in [-0.25, -0.2) is 0 Å². The first-order valence-corrected chi connectivity index (χ1v) is 5.94. The number of amides is 1. The Balaban J connectivity index is 3.96. The molecule has 0 saturated heterocycles.